The normalized spacial score (nSPS) is 41.6. The lowest BCUT2D eigenvalue weighted by Gasteiger charge is -2.50. The van der Waals surface area contributed by atoms with Gasteiger partial charge in [0.1, 0.15) is 22.9 Å². The van der Waals surface area contributed by atoms with Gasteiger partial charge in [-0.05, 0) is 43.4 Å². The van der Waals surface area contributed by atoms with E-state index in [0.717, 1.165) is 5.56 Å². The van der Waals surface area contributed by atoms with Gasteiger partial charge < -0.3 is 15.2 Å². The van der Waals surface area contributed by atoms with Crippen LogP contribution in [0.2, 0.25) is 0 Å². The third-order valence-corrected chi connectivity index (χ3v) is 8.74. The molecule has 0 aromatic heterocycles. The molecule has 1 amide bonds. The second-order valence-corrected chi connectivity index (χ2v) is 11.2. The molecule has 1 aromatic carbocycles. The number of ketones is 2. The Morgan fingerprint density at radius 3 is 2.43 bits per heavy atom. The van der Waals surface area contributed by atoms with Crippen molar-refractivity contribution in [1.82, 2.24) is 5.32 Å². The number of amides is 1. The molecule has 1 saturated carbocycles. The van der Waals surface area contributed by atoms with E-state index in [1.54, 1.807) is 19.1 Å². The molecule has 3 aliphatic rings. The second kappa shape index (κ2) is 10.0. The molecule has 2 N–H and O–H groups in total. The summed E-state index contributed by atoms with van der Waals surface area (Å²) < 4.78 is 5.80. The van der Waals surface area contributed by atoms with Gasteiger partial charge in [0.05, 0.1) is 5.92 Å². The van der Waals surface area contributed by atoms with Gasteiger partial charge in [-0.15, -0.1) is 0 Å². The van der Waals surface area contributed by atoms with Crippen LogP contribution in [-0.2, 0) is 30.3 Å². The van der Waals surface area contributed by atoms with Crippen LogP contribution in [0.5, 0.6) is 0 Å². The summed E-state index contributed by atoms with van der Waals surface area (Å²) in [5.41, 5.74) is -2.20. The van der Waals surface area contributed by atoms with Crippen LogP contribution < -0.4 is 5.32 Å². The van der Waals surface area contributed by atoms with E-state index in [2.05, 4.69) is 5.32 Å². The lowest BCUT2D eigenvalue weighted by atomic mass is 9.50. The first kappa shape index (κ1) is 27.0. The first-order chi connectivity index (χ1) is 17.4. The van der Waals surface area contributed by atoms with E-state index in [-0.39, 0.29) is 41.3 Å². The average molecular weight is 508 g/mol. The number of nitrogens with one attached hydrogen (secondary N) is 1. The van der Waals surface area contributed by atoms with Gasteiger partial charge in [-0.2, -0.15) is 0 Å². The predicted molar refractivity (Wildman–Crippen MR) is 138 cm³/mol. The average Bonchev–Trinajstić information content (AvgIpc) is 3.13. The number of Topliss-reactive ketones (excluding diaryl/α,β-unsaturated/α-hetero) is 2. The third kappa shape index (κ3) is 4.58. The largest absolute Gasteiger partial charge is 0.457 e. The Labute approximate surface area is 218 Å². The Morgan fingerprint density at radius 2 is 1.78 bits per heavy atom. The molecule has 0 radical (unpaired) electrons. The molecular formula is C30H37NO6. The van der Waals surface area contributed by atoms with Crippen LogP contribution in [0.15, 0.2) is 54.6 Å². The zero-order valence-corrected chi connectivity index (χ0v) is 22.1. The molecule has 7 heteroatoms. The fourth-order valence-corrected chi connectivity index (χ4v) is 6.76. The number of esters is 1. The minimum Gasteiger partial charge on any atom is -0.457 e. The minimum atomic E-state index is -1.83. The van der Waals surface area contributed by atoms with E-state index in [1.165, 1.54) is 26.0 Å². The van der Waals surface area contributed by atoms with E-state index in [1.807, 2.05) is 44.2 Å². The van der Waals surface area contributed by atoms with Gasteiger partial charge in [-0.25, -0.2) is 0 Å². The lowest BCUT2D eigenvalue weighted by Crippen LogP contribution is -2.60. The van der Waals surface area contributed by atoms with E-state index in [0.29, 0.717) is 12.8 Å². The van der Waals surface area contributed by atoms with Gasteiger partial charge in [-0.3, -0.25) is 19.2 Å². The molecule has 1 spiro atoms. The van der Waals surface area contributed by atoms with Crippen LogP contribution in [0.25, 0.3) is 0 Å². The SMILES string of the molecule is CC(=O)O[C@@H]1/C=C/[C@@](C)(O)C(=O)[C@@H](C)C/C=C/[C@H]2C(=O)[C@H](C)[C@@H](C)[C@H]3[C@H](Cc4ccccc4)NC(=O)[C@]312. The Balaban J connectivity index is 1.94. The summed E-state index contributed by atoms with van der Waals surface area (Å²) >= 11 is 0. The van der Waals surface area contributed by atoms with Crippen molar-refractivity contribution in [2.24, 2.45) is 35.0 Å². The quantitative estimate of drug-likeness (QED) is 0.480. The molecule has 1 heterocycles. The highest BCUT2D eigenvalue weighted by atomic mass is 16.5. The van der Waals surface area contributed by atoms with Crippen LogP contribution in [0.1, 0.15) is 46.6 Å². The van der Waals surface area contributed by atoms with Crippen molar-refractivity contribution in [3.63, 3.8) is 0 Å². The summed E-state index contributed by atoms with van der Waals surface area (Å²) in [6.45, 7) is 8.25. The third-order valence-electron chi connectivity index (χ3n) is 8.74. The summed E-state index contributed by atoms with van der Waals surface area (Å²) in [7, 11) is 0. The molecule has 1 saturated heterocycles. The number of hydrogen-bond acceptors (Lipinski definition) is 6. The summed E-state index contributed by atoms with van der Waals surface area (Å²) in [5.74, 6) is -3.68. The van der Waals surface area contributed by atoms with Gasteiger partial charge in [0, 0.05) is 30.7 Å². The van der Waals surface area contributed by atoms with Crippen LogP contribution in [0.4, 0.5) is 0 Å². The topological polar surface area (TPSA) is 110 Å². The zero-order valence-electron chi connectivity index (χ0n) is 22.1. The second-order valence-electron chi connectivity index (χ2n) is 11.2. The van der Waals surface area contributed by atoms with E-state index >= 15 is 0 Å². The van der Waals surface area contributed by atoms with E-state index in [9.17, 15) is 24.3 Å². The highest BCUT2D eigenvalue weighted by Gasteiger charge is 2.69. The van der Waals surface area contributed by atoms with E-state index in [4.69, 9.17) is 4.74 Å². The highest BCUT2D eigenvalue weighted by Crippen LogP contribution is 2.57. The van der Waals surface area contributed by atoms with Crippen molar-refractivity contribution in [1.29, 1.82) is 0 Å². The molecule has 1 aliphatic heterocycles. The fraction of sp³-hybridized carbons (Fsp3) is 0.533. The number of hydrogen-bond donors (Lipinski definition) is 2. The number of aliphatic hydroxyl groups is 1. The van der Waals surface area contributed by atoms with Gasteiger partial charge in [0.15, 0.2) is 5.78 Å². The van der Waals surface area contributed by atoms with Crippen molar-refractivity contribution in [3.05, 3.63) is 60.2 Å². The number of rotatable bonds is 3. The van der Waals surface area contributed by atoms with Crippen molar-refractivity contribution < 1.29 is 29.0 Å². The molecule has 0 bridgehead atoms. The molecular weight excluding hydrogens is 470 g/mol. The van der Waals surface area contributed by atoms with Crippen molar-refractivity contribution in [2.75, 3.05) is 0 Å². The molecule has 2 aliphatic carbocycles. The lowest BCUT2D eigenvalue weighted by molar-refractivity contribution is -0.170. The Kier molecular flexibility index (Phi) is 7.30. The number of benzene rings is 1. The van der Waals surface area contributed by atoms with Crippen LogP contribution in [0, 0.1) is 35.0 Å². The standard InChI is InChI=1S/C30H37NO6/c1-17-10-9-13-22-26(33)19(3)18(2)25-23(16-21-11-7-6-8-12-21)31-28(35)30(22,25)24(37-20(4)32)14-15-29(5,36)27(17)34/h6-9,11-15,17-19,22-25,36H,10,16H2,1-5H3,(H,31,35)/b13-9+,15-14+/t17-,18+,19+,22-,23-,24+,25-,29+,30-/m0/s1. The smallest absolute Gasteiger partial charge is 0.303 e. The molecule has 7 nitrogen and oxygen atoms in total. The van der Waals surface area contributed by atoms with Crippen LogP contribution >= 0.6 is 0 Å². The van der Waals surface area contributed by atoms with Crippen molar-refractivity contribution in [3.8, 4) is 0 Å². The summed E-state index contributed by atoms with van der Waals surface area (Å²) in [6.07, 6.45) is 5.98. The molecule has 198 valence electrons. The zero-order chi connectivity index (χ0) is 27.1. The number of carbonyl (C=O) groups is 4. The van der Waals surface area contributed by atoms with Gasteiger partial charge in [-0.1, -0.05) is 63.3 Å². The Hall–Kier alpha value is -3.06. The highest BCUT2D eigenvalue weighted by molar-refractivity contribution is 5.98. The number of ether oxygens (including phenoxy) is 1. The van der Waals surface area contributed by atoms with Gasteiger partial charge >= 0.3 is 5.97 Å². The van der Waals surface area contributed by atoms with Crippen LogP contribution in [-0.4, -0.2) is 46.3 Å². The monoisotopic (exact) mass is 507 g/mol. The maximum atomic E-state index is 14.1. The summed E-state index contributed by atoms with van der Waals surface area (Å²) in [6, 6.07) is 9.53. The van der Waals surface area contributed by atoms with Crippen LogP contribution in [0.3, 0.4) is 0 Å². The first-order valence-electron chi connectivity index (χ1n) is 13.1. The number of carbonyl (C=O) groups excluding carboxylic acids is 4. The first-order valence-corrected chi connectivity index (χ1v) is 13.1. The molecule has 4 rings (SSSR count). The Bertz CT molecular complexity index is 1140. The van der Waals surface area contributed by atoms with Crippen molar-refractivity contribution >= 4 is 23.4 Å². The van der Waals surface area contributed by atoms with Crippen molar-refractivity contribution in [2.45, 2.75) is 65.2 Å². The maximum Gasteiger partial charge on any atom is 0.303 e. The predicted octanol–water partition coefficient (Wildman–Crippen LogP) is 3.21. The summed E-state index contributed by atoms with van der Waals surface area (Å²) in [4.78, 5) is 53.3. The summed E-state index contributed by atoms with van der Waals surface area (Å²) in [5, 5.41) is 14.2. The van der Waals surface area contributed by atoms with Gasteiger partial charge in [0.25, 0.3) is 0 Å². The molecule has 37 heavy (non-hydrogen) atoms. The maximum absolute atomic E-state index is 14.1. The molecule has 2 fully saturated rings. The molecule has 9 atom stereocenters. The van der Waals surface area contributed by atoms with Gasteiger partial charge in [0.2, 0.25) is 5.91 Å². The minimum absolute atomic E-state index is 0.0916. The molecule has 0 unspecified atom stereocenters. The Morgan fingerprint density at radius 1 is 1.11 bits per heavy atom. The fourth-order valence-electron chi connectivity index (χ4n) is 6.76. The molecule has 1 aromatic rings. The number of allylic oxidation sites excluding steroid dienone is 2. The van der Waals surface area contributed by atoms with E-state index < -0.39 is 34.9 Å².